The lowest BCUT2D eigenvalue weighted by atomic mass is 9.74. The minimum absolute atomic E-state index is 0.0594. The molecule has 3 aromatic rings. The van der Waals surface area contributed by atoms with E-state index < -0.39 is 11.7 Å². The molecule has 0 amide bonds. The van der Waals surface area contributed by atoms with Gasteiger partial charge in [-0.1, -0.05) is 6.07 Å². The summed E-state index contributed by atoms with van der Waals surface area (Å²) in [4.78, 5) is 14.1. The highest BCUT2D eigenvalue weighted by Gasteiger charge is 2.48. The van der Waals surface area contributed by atoms with E-state index >= 15 is 0 Å². The SMILES string of the molecule is CCOc1ncccc1-c1ccc2c(n1)N([C@@H]1CCNC1)CC21CCN(c2ccc(C(F)(F)F)cc2C#N)CC1. The second kappa shape index (κ2) is 10.3. The third-order valence-electron chi connectivity index (χ3n) is 8.50. The van der Waals surface area contributed by atoms with E-state index in [0.717, 1.165) is 68.1 Å². The molecule has 2 fully saturated rings. The van der Waals surface area contributed by atoms with Crippen LogP contribution >= 0.6 is 0 Å². The van der Waals surface area contributed by atoms with Crippen LogP contribution in [0.25, 0.3) is 11.3 Å². The maximum Gasteiger partial charge on any atom is 0.416 e. The Balaban J connectivity index is 1.31. The summed E-state index contributed by atoms with van der Waals surface area (Å²) in [6, 6.07) is 13.9. The second-order valence-corrected chi connectivity index (χ2v) is 10.7. The van der Waals surface area contributed by atoms with Crippen molar-refractivity contribution in [3.05, 3.63) is 65.4 Å². The van der Waals surface area contributed by atoms with Gasteiger partial charge in [-0.25, -0.2) is 9.97 Å². The number of fused-ring (bicyclic) bond motifs is 2. The van der Waals surface area contributed by atoms with Gasteiger partial charge in [-0.05, 0) is 69.1 Å². The number of anilines is 2. The molecule has 40 heavy (non-hydrogen) atoms. The van der Waals surface area contributed by atoms with Gasteiger partial charge < -0.3 is 19.9 Å². The molecule has 1 aromatic carbocycles. The monoisotopic (exact) mass is 548 g/mol. The zero-order chi connectivity index (χ0) is 27.9. The number of nitriles is 1. The van der Waals surface area contributed by atoms with E-state index in [0.29, 0.717) is 37.3 Å². The van der Waals surface area contributed by atoms with E-state index in [1.165, 1.54) is 11.6 Å². The number of nitrogens with zero attached hydrogens (tertiary/aromatic N) is 5. The summed E-state index contributed by atoms with van der Waals surface area (Å²) in [6.45, 7) is 6.47. The Hall–Kier alpha value is -3.84. The molecule has 208 valence electrons. The molecular weight excluding hydrogens is 517 g/mol. The van der Waals surface area contributed by atoms with Crippen LogP contribution in [0.4, 0.5) is 24.7 Å². The topological polar surface area (TPSA) is 77.3 Å². The predicted molar refractivity (Wildman–Crippen MR) is 147 cm³/mol. The summed E-state index contributed by atoms with van der Waals surface area (Å²) >= 11 is 0. The van der Waals surface area contributed by atoms with Crippen LogP contribution in [0.15, 0.2) is 48.7 Å². The van der Waals surface area contributed by atoms with Crippen molar-refractivity contribution in [2.24, 2.45) is 0 Å². The molecule has 2 aromatic heterocycles. The second-order valence-electron chi connectivity index (χ2n) is 10.7. The van der Waals surface area contributed by atoms with E-state index in [2.05, 4.69) is 26.2 Å². The molecule has 0 bridgehead atoms. The molecule has 7 nitrogen and oxygen atoms in total. The first-order valence-electron chi connectivity index (χ1n) is 13.8. The molecule has 10 heteroatoms. The molecule has 1 spiro atoms. The van der Waals surface area contributed by atoms with Gasteiger partial charge in [0, 0.05) is 49.4 Å². The Bertz CT molecular complexity index is 1440. The van der Waals surface area contributed by atoms with E-state index in [9.17, 15) is 18.4 Å². The quantitative estimate of drug-likeness (QED) is 0.472. The highest BCUT2D eigenvalue weighted by atomic mass is 19.4. The molecule has 5 heterocycles. The normalized spacial score (nSPS) is 20.0. The summed E-state index contributed by atoms with van der Waals surface area (Å²) in [7, 11) is 0. The average Bonchev–Trinajstić information content (AvgIpc) is 3.60. The van der Waals surface area contributed by atoms with Crippen molar-refractivity contribution in [3.8, 4) is 23.2 Å². The molecule has 0 radical (unpaired) electrons. The third kappa shape index (κ3) is 4.62. The molecule has 3 aliphatic rings. The molecule has 2 saturated heterocycles. The van der Waals surface area contributed by atoms with Gasteiger partial charge in [-0.2, -0.15) is 18.4 Å². The first-order chi connectivity index (χ1) is 19.3. The molecule has 0 saturated carbocycles. The highest BCUT2D eigenvalue weighted by Crippen LogP contribution is 2.49. The lowest BCUT2D eigenvalue weighted by Gasteiger charge is -2.41. The van der Waals surface area contributed by atoms with Crippen molar-refractivity contribution >= 4 is 11.5 Å². The maximum absolute atomic E-state index is 13.2. The van der Waals surface area contributed by atoms with Crippen molar-refractivity contribution in [1.82, 2.24) is 15.3 Å². The molecule has 1 atom stereocenters. The number of ether oxygens (including phenoxy) is 1. The number of alkyl halides is 3. The molecule has 0 aliphatic carbocycles. The van der Waals surface area contributed by atoms with Crippen molar-refractivity contribution in [2.45, 2.75) is 43.8 Å². The van der Waals surface area contributed by atoms with Crippen LogP contribution < -0.4 is 19.9 Å². The number of aromatic nitrogens is 2. The molecule has 0 unspecified atom stereocenters. The number of nitrogens with one attached hydrogen (secondary N) is 1. The van der Waals surface area contributed by atoms with Gasteiger partial charge in [0.25, 0.3) is 0 Å². The van der Waals surface area contributed by atoms with Crippen LogP contribution in [-0.4, -0.2) is 55.3 Å². The maximum atomic E-state index is 13.2. The zero-order valence-electron chi connectivity index (χ0n) is 22.3. The van der Waals surface area contributed by atoms with Crippen molar-refractivity contribution < 1.29 is 17.9 Å². The zero-order valence-corrected chi connectivity index (χ0v) is 22.3. The standard InChI is InChI=1S/C30H31F3N6O/c1-2-40-28-23(4-3-12-36-28)25-7-6-24-27(37-25)39(22-9-13-35-18-22)19-29(24)10-14-38(15-11-29)26-8-5-21(30(31,32)33)16-20(26)17-34/h3-8,12,16,22,35H,2,9-11,13-15,18-19H2,1H3/t22-/m1/s1. The van der Waals surface area contributed by atoms with E-state index in [4.69, 9.17) is 9.72 Å². The number of pyridine rings is 2. The van der Waals surface area contributed by atoms with Gasteiger partial charge in [0.15, 0.2) is 0 Å². The van der Waals surface area contributed by atoms with Crippen LogP contribution in [0.5, 0.6) is 5.88 Å². The van der Waals surface area contributed by atoms with Gasteiger partial charge in [0.2, 0.25) is 5.88 Å². The van der Waals surface area contributed by atoms with E-state index in [-0.39, 0.29) is 11.0 Å². The van der Waals surface area contributed by atoms with E-state index in [1.54, 1.807) is 6.20 Å². The smallest absolute Gasteiger partial charge is 0.416 e. The third-order valence-corrected chi connectivity index (χ3v) is 8.50. The fraction of sp³-hybridized carbons (Fsp3) is 0.433. The fourth-order valence-corrected chi connectivity index (χ4v) is 6.44. The van der Waals surface area contributed by atoms with E-state index in [1.807, 2.05) is 31.2 Å². The van der Waals surface area contributed by atoms with Crippen molar-refractivity contribution in [3.63, 3.8) is 0 Å². The minimum Gasteiger partial charge on any atom is -0.477 e. The van der Waals surface area contributed by atoms with Crippen LogP contribution in [0.3, 0.4) is 0 Å². The lowest BCUT2D eigenvalue weighted by molar-refractivity contribution is -0.137. The number of benzene rings is 1. The molecule has 3 aliphatic heterocycles. The highest BCUT2D eigenvalue weighted by molar-refractivity contribution is 5.71. The van der Waals surface area contributed by atoms with Gasteiger partial charge in [0.05, 0.1) is 34.7 Å². The number of hydrogen-bond acceptors (Lipinski definition) is 7. The van der Waals surface area contributed by atoms with Gasteiger partial charge in [-0.15, -0.1) is 0 Å². The summed E-state index contributed by atoms with van der Waals surface area (Å²) in [5.41, 5.74) is 2.62. The largest absolute Gasteiger partial charge is 0.477 e. The first kappa shape index (κ1) is 26.4. The Labute approximate surface area is 231 Å². The van der Waals surface area contributed by atoms with Gasteiger partial charge in [0.1, 0.15) is 11.9 Å². The predicted octanol–water partition coefficient (Wildman–Crippen LogP) is 5.15. The molecule has 6 rings (SSSR count). The van der Waals surface area contributed by atoms with Crippen LogP contribution in [0.1, 0.15) is 42.9 Å². The summed E-state index contributed by atoms with van der Waals surface area (Å²) in [5.74, 6) is 1.57. The number of halogens is 3. The molecular formula is C30H31F3N6O. The van der Waals surface area contributed by atoms with Crippen molar-refractivity contribution in [1.29, 1.82) is 5.26 Å². The summed E-state index contributed by atoms with van der Waals surface area (Å²) < 4.78 is 45.5. The molecule has 1 N–H and O–H groups in total. The number of piperidine rings is 1. The van der Waals surface area contributed by atoms with Crippen LogP contribution in [0.2, 0.25) is 0 Å². The van der Waals surface area contributed by atoms with Crippen LogP contribution in [0, 0.1) is 11.3 Å². The average molecular weight is 549 g/mol. The fourth-order valence-electron chi connectivity index (χ4n) is 6.44. The number of rotatable bonds is 5. The Morgan fingerprint density at radius 2 is 2.00 bits per heavy atom. The van der Waals surface area contributed by atoms with Crippen molar-refractivity contribution in [2.75, 3.05) is 49.1 Å². The first-order valence-corrected chi connectivity index (χ1v) is 13.8. The van der Waals surface area contributed by atoms with Gasteiger partial charge >= 0.3 is 6.18 Å². The van der Waals surface area contributed by atoms with Gasteiger partial charge in [-0.3, -0.25) is 0 Å². The Morgan fingerprint density at radius 3 is 2.70 bits per heavy atom. The van der Waals surface area contributed by atoms with Crippen LogP contribution in [-0.2, 0) is 11.6 Å². The Kier molecular flexibility index (Phi) is 6.78. The number of hydrogen-bond donors (Lipinski definition) is 1. The summed E-state index contributed by atoms with van der Waals surface area (Å²) in [5, 5.41) is 13.1. The minimum atomic E-state index is -4.48. The lowest BCUT2D eigenvalue weighted by Crippen LogP contribution is -2.47. The Morgan fingerprint density at radius 1 is 1.18 bits per heavy atom. The summed E-state index contributed by atoms with van der Waals surface area (Å²) in [6.07, 6.45) is -0.0775.